The van der Waals surface area contributed by atoms with E-state index in [4.69, 9.17) is 9.47 Å². The summed E-state index contributed by atoms with van der Waals surface area (Å²) in [4.78, 5) is 16.7. The lowest BCUT2D eigenvalue weighted by atomic mass is 9.89. The van der Waals surface area contributed by atoms with Crippen molar-refractivity contribution in [1.82, 2.24) is 35.5 Å². The molecule has 6 aliphatic rings. The number of nitrogens with zero attached hydrogens (tertiary/aromatic N) is 3. The molecule has 0 unspecified atom stereocenters. The van der Waals surface area contributed by atoms with Crippen LogP contribution >= 0.6 is 11.3 Å². The number of fused-ring (bicyclic) bond motifs is 6. The topological polar surface area (TPSA) is 140 Å². The third-order valence-electron chi connectivity index (χ3n) is 14.0. The first-order valence-corrected chi connectivity index (χ1v) is 31.0. The number of hydrogen-bond acceptors (Lipinski definition) is 11. The maximum atomic E-state index is 5.08. The number of piperidine rings is 3. The van der Waals surface area contributed by atoms with Crippen molar-refractivity contribution in [3.05, 3.63) is 266 Å². The molecule has 4 aromatic heterocycles. The average Bonchev–Trinajstić information content (AvgIpc) is 4.22. The fourth-order valence-electron chi connectivity index (χ4n) is 9.29. The number of thiazole rings is 1. The molecule has 10 heterocycles. The molecule has 11 aromatic rings. The van der Waals surface area contributed by atoms with Gasteiger partial charge in [-0.15, -0.1) is 11.3 Å². The van der Waals surface area contributed by atoms with Crippen molar-refractivity contribution in [2.45, 2.75) is 109 Å². The van der Waals surface area contributed by atoms with Gasteiger partial charge in [0.1, 0.15) is 0 Å². The molecule has 492 valence electrons. The number of ether oxygens (including phenoxy) is 2. The normalized spacial score (nSPS) is 14.4. The Morgan fingerprint density at radius 2 is 0.890 bits per heavy atom. The van der Waals surface area contributed by atoms with Gasteiger partial charge in [-0.05, 0) is 199 Å². The second-order valence-electron chi connectivity index (χ2n) is 20.4. The molecular weight excluding hydrogens is 1140 g/mol. The minimum Gasteiger partial charge on any atom is -0.473 e. The zero-order chi connectivity index (χ0) is 58.5. The number of imidazole rings is 1. The molecule has 12 nitrogen and oxygen atoms in total. The molecule has 2 bridgehead atoms. The Bertz CT molecular complexity index is 2910. The first-order valence-electron chi connectivity index (χ1n) is 30.1. The Kier molecular flexibility index (Phi) is 46.3. The summed E-state index contributed by atoms with van der Waals surface area (Å²) in [5.41, 5.74) is 10.1. The molecule has 0 amide bonds. The van der Waals surface area contributed by atoms with Crippen LogP contribution in [0, 0.1) is 5.92 Å². The van der Waals surface area contributed by atoms with Gasteiger partial charge in [-0.2, -0.15) is 0 Å². The van der Waals surface area contributed by atoms with E-state index in [0.29, 0.717) is 6.79 Å². The quantitative estimate of drug-likeness (QED) is 0.0892. The van der Waals surface area contributed by atoms with Gasteiger partial charge in [0.2, 0.25) is 6.79 Å². The van der Waals surface area contributed by atoms with Gasteiger partial charge in [0, 0.05) is 23.8 Å². The lowest BCUT2D eigenvalue weighted by molar-refractivity contribution is 0.111. The molecule has 6 N–H and O–H groups in total. The number of anilines is 2. The summed E-state index contributed by atoms with van der Waals surface area (Å²) in [6.45, 7) is 10.3. The number of H-pyrrole nitrogens is 2. The largest absolute Gasteiger partial charge is 0.473 e. The van der Waals surface area contributed by atoms with Crippen LogP contribution in [-0.2, 0) is 6.42 Å². The standard InChI is InChI=1S/C13H14N2.C13H12.C7H6N2.C7H5NS.C7H13N.C7H6O2.C6H13N.C4H9N.C4H5N.C4H4O.6CH4/c1-3-7-12(8-4-1)14-11-15-13-9-5-2-6-10-13;1-3-7-12(8-4-1)11-13-9-5-2-6-10-13;2*1-2-4-7-6(3-1)8-5-9-7;1-4-8-5-2-7(1)3-6-8;1-2-4-7-6(3-1)8-5-9-7;1-2-4-6-7-5-3-1;3*1-2-4-5-3-1;;;;;;/h1-10,14-15H,11H2;1-10H,11H2;1-5H,(H,8,9);1-5H;7H,1-6H2;1-4H,5H2;7H,1-6H2;5H,1-4H2;1-5H;1-4H;6*1H4. The number of furan rings is 1. The van der Waals surface area contributed by atoms with E-state index in [9.17, 15) is 0 Å². The smallest absolute Gasteiger partial charge is 0.231 e. The van der Waals surface area contributed by atoms with Crippen molar-refractivity contribution in [1.29, 1.82) is 0 Å². The van der Waals surface area contributed by atoms with E-state index in [1.165, 1.54) is 119 Å². The molecule has 5 saturated heterocycles. The third kappa shape index (κ3) is 34.9. The van der Waals surface area contributed by atoms with Crippen LogP contribution in [0.25, 0.3) is 21.3 Å². The summed E-state index contributed by atoms with van der Waals surface area (Å²) in [6, 6.07) is 72.6. The highest BCUT2D eigenvalue weighted by molar-refractivity contribution is 7.16. The SMILES string of the molecule is C.C.C.C.C.C.C1CCCNCC1.C1CCNC1.C1CN2CCC1CC2.c1cc[nH]c1.c1ccc(Cc2ccccc2)cc1.c1ccc(NCNc2ccccc2)cc1.c1ccc2[nH]cnc2c1.c1ccc2c(c1)OCO2.c1ccc2scnc2c1.c1ccoc1. The van der Waals surface area contributed by atoms with E-state index in [-0.39, 0.29) is 44.6 Å². The first-order chi connectivity index (χ1) is 42.2. The molecule has 17 rings (SSSR count). The van der Waals surface area contributed by atoms with Crippen molar-refractivity contribution in [3.8, 4) is 11.5 Å². The number of rotatable bonds is 6. The predicted molar refractivity (Wildman–Crippen MR) is 396 cm³/mol. The third-order valence-corrected chi connectivity index (χ3v) is 14.8. The number of aromatic amines is 2. The Labute approximate surface area is 552 Å². The van der Waals surface area contributed by atoms with Crippen molar-refractivity contribution in [2.75, 3.05) is 69.9 Å². The molecule has 13 heteroatoms. The van der Waals surface area contributed by atoms with Crippen LogP contribution in [0.5, 0.6) is 11.5 Å². The van der Waals surface area contributed by atoms with Crippen molar-refractivity contribution < 1.29 is 13.9 Å². The van der Waals surface area contributed by atoms with Crippen LogP contribution in [0.3, 0.4) is 0 Å². The van der Waals surface area contributed by atoms with E-state index in [0.717, 1.165) is 58.4 Å². The van der Waals surface area contributed by atoms with Gasteiger partial charge in [-0.1, -0.05) is 191 Å². The van der Waals surface area contributed by atoms with Gasteiger partial charge >= 0.3 is 0 Å². The maximum Gasteiger partial charge on any atom is 0.231 e. The summed E-state index contributed by atoms with van der Waals surface area (Å²) in [5.74, 6) is 2.80. The van der Waals surface area contributed by atoms with Gasteiger partial charge in [0.05, 0.1) is 52.3 Å². The molecule has 5 fully saturated rings. The highest BCUT2D eigenvalue weighted by Gasteiger charge is 2.24. The second kappa shape index (κ2) is 52.3. The van der Waals surface area contributed by atoms with Crippen LogP contribution < -0.4 is 30.7 Å². The molecule has 0 saturated carbocycles. The lowest BCUT2D eigenvalue weighted by Crippen LogP contribution is -2.41. The summed E-state index contributed by atoms with van der Waals surface area (Å²) >= 11 is 1.68. The summed E-state index contributed by atoms with van der Waals surface area (Å²) in [7, 11) is 0. The summed E-state index contributed by atoms with van der Waals surface area (Å²) < 4.78 is 16.0. The number of para-hydroxylation sites is 7. The van der Waals surface area contributed by atoms with Crippen LogP contribution in [-0.4, -0.2) is 84.1 Å². The Morgan fingerprint density at radius 3 is 1.31 bits per heavy atom. The van der Waals surface area contributed by atoms with Gasteiger partial charge in [-0.3, -0.25) is 0 Å². The monoisotopic (exact) mass is 1250 g/mol. The van der Waals surface area contributed by atoms with Gasteiger partial charge in [-0.25, -0.2) is 9.97 Å². The number of nitrogens with one attached hydrogen (secondary N) is 6. The Hall–Kier alpha value is -8.46. The van der Waals surface area contributed by atoms with E-state index >= 15 is 0 Å². The molecule has 0 spiro atoms. The van der Waals surface area contributed by atoms with E-state index < -0.39 is 0 Å². The predicted octanol–water partition coefficient (Wildman–Crippen LogP) is 20.5. The molecular formula is C78H111N9O3S. The highest BCUT2D eigenvalue weighted by Crippen LogP contribution is 2.30. The number of hydrogen-bond donors (Lipinski definition) is 6. The molecule has 91 heavy (non-hydrogen) atoms. The highest BCUT2D eigenvalue weighted by atomic mass is 32.1. The Balaban J connectivity index is 0.000000511. The molecule has 0 atom stereocenters. The van der Waals surface area contributed by atoms with Crippen molar-refractivity contribution in [2.24, 2.45) is 5.92 Å². The fourth-order valence-corrected chi connectivity index (χ4v) is 9.97. The van der Waals surface area contributed by atoms with Gasteiger partial charge < -0.3 is 50.0 Å². The molecule has 0 aliphatic carbocycles. The zero-order valence-corrected chi connectivity index (χ0v) is 50.1. The minimum absolute atomic E-state index is 0. The zero-order valence-electron chi connectivity index (χ0n) is 49.2. The average molecular weight is 1250 g/mol. The Morgan fingerprint density at radius 1 is 0.451 bits per heavy atom. The van der Waals surface area contributed by atoms with Crippen LogP contribution in [0.2, 0.25) is 0 Å². The summed E-state index contributed by atoms with van der Waals surface area (Å²) in [6.07, 6.45) is 22.6. The van der Waals surface area contributed by atoms with Gasteiger partial charge in [0.25, 0.3) is 0 Å². The number of benzene rings is 7. The first kappa shape index (κ1) is 80.6. The van der Waals surface area contributed by atoms with E-state index in [1.54, 1.807) is 30.2 Å². The van der Waals surface area contributed by atoms with Gasteiger partial charge in [0.15, 0.2) is 11.5 Å². The summed E-state index contributed by atoms with van der Waals surface area (Å²) in [5, 5.41) is 13.1. The fraction of sp³-hybridized carbons (Fsp3) is 0.333. The lowest BCUT2D eigenvalue weighted by Gasteiger charge is -2.38. The van der Waals surface area contributed by atoms with Crippen LogP contribution in [0.4, 0.5) is 11.4 Å². The van der Waals surface area contributed by atoms with Crippen molar-refractivity contribution >= 4 is 44.0 Å². The minimum atomic E-state index is 0. The van der Waals surface area contributed by atoms with E-state index in [2.05, 4.69) is 117 Å². The van der Waals surface area contributed by atoms with Crippen molar-refractivity contribution in [3.63, 3.8) is 0 Å². The number of aromatic nitrogens is 4. The van der Waals surface area contributed by atoms with Crippen LogP contribution in [0.15, 0.2) is 260 Å². The molecule has 6 aliphatic heterocycles. The van der Waals surface area contributed by atoms with E-state index in [1.807, 2.05) is 170 Å². The maximum absolute atomic E-state index is 5.08. The van der Waals surface area contributed by atoms with Crippen LogP contribution in [0.1, 0.15) is 113 Å². The second-order valence-corrected chi connectivity index (χ2v) is 21.3. The molecule has 0 radical (unpaired) electrons. The molecule has 7 aromatic carbocycles.